The number of ether oxygens (including phenoxy) is 1. The van der Waals surface area contributed by atoms with E-state index in [1.54, 1.807) is 39.0 Å². The first-order chi connectivity index (χ1) is 15.2. The average molecular weight is 475 g/mol. The van der Waals surface area contributed by atoms with Crippen molar-refractivity contribution in [1.82, 2.24) is 13.5 Å². The molecule has 0 aliphatic carbocycles. The van der Waals surface area contributed by atoms with Crippen molar-refractivity contribution in [2.24, 2.45) is 4.99 Å². The number of amides is 3. The predicted octanol–water partition coefficient (Wildman–Crippen LogP) is 5.89. The van der Waals surface area contributed by atoms with Crippen LogP contribution in [0.2, 0.25) is 0 Å². The molecule has 0 aliphatic rings. The van der Waals surface area contributed by atoms with Crippen LogP contribution in [0.3, 0.4) is 0 Å². The maximum absolute atomic E-state index is 12.7. The van der Waals surface area contributed by atoms with Gasteiger partial charge in [0.05, 0.1) is 24.2 Å². The minimum absolute atomic E-state index is 0.331. The molecule has 0 saturated carbocycles. The normalized spacial score (nSPS) is 10.8. The molecule has 0 bridgehead atoms. The summed E-state index contributed by atoms with van der Waals surface area (Å²) in [5, 5.41) is 0. The number of thioether (sulfide) groups is 1. The van der Waals surface area contributed by atoms with Gasteiger partial charge in [-0.25, -0.2) is 18.9 Å². The number of carbonyl (C=O) groups is 2. The number of aliphatic imine (C=N–C) groups is 1. The van der Waals surface area contributed by atoms with Crippen molar-refractivity contribution < 1.29 is 14.3 Å². The Balaban J connectivity index is 1.94. The second-order valence-corrected chi connectivity index (χ2v) is 9.65. The van der Waals surface area contributed by atoms with Crippen LogP contribution in [0.25, 0.3) is 0 Å². The van der Waals surface area contributed by atoms with Crippen LogP contribution in [-0.4, -0.2) is 58.9 Å². The van der Waals surface area contributed by atoms with Crippen LogP contribution in [0.1, 0.15) is 23.6 Å². The number of para-hydroxylation sites is 1. The SMILES string of the molecule is CCSCc1ccccc1OC(=O)N(C)SN(C)C(=O)N(C)C=Nc1ccc(C)cc1C. The number of benzene rings is 2. The van der Waals surface area contributed by atoms with Gasteiger partial charge in [-0.15, -0.1) is 0 Å². The Morgan fingerprint density at radius 1 is 1.06 bits per heavy atom. The maximum atomic E-state index is 12.7. The Labute approximate surface area is 199 Å². The fourth-order valence-electron chi connectivity index (χ4n) is 2.72. The molecule has 0 saturated heterocycles. The van der Waals surface area contributed by atoms with Gasteiger partial charge in [-0.2, -0.15) is 11.8 Å². The van der Waals surface area contributed by atoms with Crippen LogP contribution >= 0.6 is 23.9 Å². The molecule has 2 aromatic rings. The minimum Gasteiger partial charge on any atom is -0.409 e. The summed E-state index contributed by atoms with van der Waals surface area (Å²) in [6.07, 6.45) is 0.909. The predicted molar refractivity (Wildman–Crippen MR) is 135 cm³/mol. The monoisotopic (exact) mass is 474 g/mol. The first kappa shape index (κ1) is 25.6. The highest BCUT2D eigenvalue weighted by molar-refractivity contribution is 7.98. The summed E-state index contributed by atoms with van der Waals surface area (Å²) in [7, 11) is 4.76. The van der Waals surface area contributed by atoms with E-state index in [4.69, 9.17) is 4.74 Å². The summed E-state index contributed by atoms with van der Waals surface area (Å²) < 4.78 is 8.16. The number of rotatable bonds is 8. The molecule has 32 heavy (non-hydrogen) atoms. The van der Waals surface area contributed by atoms with Crippen molar-refractivity contribution in [3.05, 3.63) is 59.2 Å². The zero-order valence-corrected chi connectivity index (χ0v) is 21.0. The van der Waals surface area contributed by atoms with E-state index in [1.165, 1.54) is 19.8 Å². The molecule has 0 aromatic heterocycles. The topological polar surface area (TPSA) is 65.5 Å². The van der Waals surface area contributed by atoms with Crippen molar-refractivity contribution in [3.63, 3.8) is 0 Å². The van der Waals surface area contributed by atoms with Crippen molar-refractivity contribution in [2.45, 2.75) is 26.5 Å². The molecule has 0 fully saturated rings. The van der Waals surface area contributed by atoms with E-state index in [0.717, 1.165) is 46.0 Å². The van der Waals surface area contributed by atoms with E-state index in [-0.39, 0.29) is 6.03 Å². The second-order valence-electron chi connectivity index (χ2n) is 7.12. The highest BCUT2D eigenvalue weighted by Gasteiger charge is 2.21. The Morgan fingerprint density at radius 2 is 1.78 bits per heavy atom. The van der Waals surface area contributed by atoms with Gasteiger partial charge in [0.1, 0.15) is 5.75 Å². The number of nitrogens with zero attached hydrogens (tertiary/aromatic N) is 4. The van der Waals surface area contributed by atoms with Crippen molar-refractivity contribution >= 4 is 48.0 Å². The molecule has 0 radical (unpaired) electrons. The summed E-state index contributed by atoms with van der Waals surface area (Å²) in [5.74, 6) is 2.27. The Kier molecular flexibility index (Phi) is 9.93. The quantitative estimate of drug-likeness (QED) is 0.271. The van der Waals surface area contributed by atoms with Gasteiger partial charge in [0.25, 0.3) is 0 Å². The fraction of sp³-hybridized carbons (Fsp3) is 0.348. The lowest BCUT2D eigenvalue weighted by atomic mass is 10.1. The lowest BCUT2D eigenvalue weighted by Crippen LogP contribution is -2.37. The highest BCUT2D eigenvalue weighted by Crippen LogP contribution is 2.25. The summed E-state index contributed by atoms with van der Waals surface area (Å²) in [6.45, 7) is 6.08. The summed E-state index contributed by atoms with van der Waals surface area (Å²) >= 11 is 2.70. The largest absolute Gasteiger partial charge is 0.426 e. The molecule has 2 rings (SSSR count). The lowest BCUT2D eigenvalue weighted by Gasteiger charge is -2.24. The van der Waals surface area contributed by atoms with Gasteiger partial charge in [-0.05, 0) is 37.3 Å². The second kappa shape index (κ2) is 12.4. The maximum Gasteiger partial charge on any atom is 0.426 e. The Morgan fingerprint density at radius 3 is 2.47 bits per heavy atom. The lowest BCUT2D eigenvalue weighted by molar-refractivity contribution is 0.185. The van der Waals surface area contributed by atoms with Crippen LogP contribution in [0, 0.1) is 13.8 Å². The van der Waals surface area contributed by atoms with Crippen molar-refractivity contribution in [1.29, 1.82) is 0 Å². The molecule has 0 atom stereocenters. The van der Waals surface area contributed by atoms with E-state index in [0.29, 0.717) is 5.75 Å². The molecule has 2 aromatic carbocycles. The van der Waals surface area contributed by atoms with E-state index in [2.05, 4.69) is 11.9 Å². The molecule has 0 aliphatic heterocycles. The van der Waals surface area contributed by atoms with Crippen LogP contribution in [0.15, 0.2) is 47.5 Å². The van der Waals surface area contributed by atoms with Crippen LogP contribution in [0.4, 0.5) is 15.3 Å². The molecule has 172 valence electrons. The molecular weight excluding hydrogens is 444 g/mol. The van der Waals surface area contributed by atoms with Gasteiger partial charge in [0.2, 0.25) is 0 Å². The van der Waals surface area contributed by atoms with Gasteiger partial charge in [-0.1, -0.05) is 42.8 Å². The minimum atomic E-state index is -0.560. The zero-order chi connectivity index (χ0) is 23.7. The van der Waals surface area contributed by atoms with Gasteiger partial charge >= 0.3 is 12.1 Å². The summed E-state index contributed by atoms with van der Waals surface area (Å²) in [5.41, 5.74) is 3.94. The van der Waals surface area contributed by atoms with E-state index < -0.39 is 6.09 Å². The van der Waals surface area contributed by atoms with Gasteiger partial charge in [0, 0.05) is 32.5 Å². The molecular formula is C23H30N4O3S2. The molecule has 9 heteroatoms. The Bertz CT molecular complexity index is 968. The summed E-state index contributed by atoms with van der Waals surface area (Å²) in [4.78, 5) is 30.9. The number of urea groups is 1. The first-order valence-corrected chi connectivity index (χ1v) is 12.0. The fourth-order valence-corrected chi connectivity index (χ4v) is 4.05. The Hall–Kier alpha value is -2.65. The number of aryl methyl sites for hydroxylation is 2. The van der Waals surface area contributed by atoms with Gasteiger partial charge in [0.15, 0.2) is 0 Å². The standard InChI is InChI=1S/C23H30N4O3S2/c1-7-31-15-19-10-8-9-11-21(19)30-23(29)27(6)32-26(5)22(28)25(4)16-24-20-13-12-17(2)14-18(20)3/h8-14,16H,7,15H2,1-6H3. The van der Waals surface area contributed by atoms with Crippen LogP contribution in [0.5, 0.6) is 5.75 Å². The van der Waals surface area contributed by atoms with Crippen molar-refractivity contribution in [3.8, 4) is 5.75 Å². The number of carbonyl (C=O) groups excluding carboxylic acids is 2. The first-order valence-electron chi connectivity index (χ1n) is 10.1. The third-order valence-corrected chi connectivity index (χ3v) is 6.15. The molecule has 0 N–H and O–H groups in total. The van der Waals surface area contributed by atoms with Crippen LogP contribution in [-0.2, 0) is 5.75 Å². The highest BCUT2D eigenvalue weighted by atomic mass is 32.2. The molecule has 7 nitrogen and oxygen atoms in total. The molecule has 0 unspecified atom stereocenters. The smallest absolute Gasteiger partial charge is 0.409 e. The third-order valence-electron chi connectivity index (χ3n) is 4.43. The van der Waals surface area contributed by atoms with Gasteiger partial charge in [-0.3, -0.25) is 9.21 Å². The summed E-state index contributed by atoms with van der Waals surface area (Å²) in [6, 6.07) is 13.1. The number of hydrogen-bond acceptors (Lipinski definition) is 6. The van der Waals surface area contributed by atoms with E-state index in [9.17, 15) is 9.59 Å². The zero-order valence-electron chi connectivity index (χ0n) is 19.4. The van der Waals surface area contributed by atoms with E-state index >= 15 is 0 Å². The third kappa shape index (κ3) is 7.49. The van der Waals surface area contributed by atoms with Gasteiger partial charge < -0.3 is 4.74 Å². The van der Waals surface area contributed by atoms with Crippen LogP contribution < -0.4 is 4.74 Å². The molecule has 0 spiro atoms. The molecule has 3 amide bonds. The number of hydrogen-bond donors (Lipinski definition) is 0. The average Bonchev–Trinajstić information content (AvgIpc) is 2.77. The van der Waals surface area contributed by atoms with E-state index in [1.807, 2.05) is 50.2 Å². The van der Waals surface area contributed by atoms with Crippen molar-refractivity contribution in [2.75, 3.05) is 26.9 Å². The molecule has 0 heterocycles.